The van der Waals surface area contributed by atoms with E-state index < -0.39 is 16.5 Å². The van der Waals surface area contributed by atoms with Crippen molar-refractivity contribution in [2.75, 3.05) is 0 Å². The molecule has 0 aliphatic carbocycles. The topological polar surface area (TPSA) is 29.5 Å². The van der Waals surface area contributed by atoms with Crippen LogP contribution in [0.4, 0.5) is 0 Å². The molecule has 0 atom stereocenters. The third kappa shape index (κ3) is 5.99. The van der Waals surface area contributed by atoms with Crippen molar-refractivity contribution in [2.45, 2.75) is 59.6 Å². The van der Waals surface area contributed by atoms with Crippen molar-refractivity contribution < 1.29 is 9.53 Å². The summed E-state index contributed by atoms with van der Waals surface area (Å²) in [6, 6.07) is 10.2. The monoisotopic (exact) mass is 349 g/mol. The molecule has 0 amide bonds. The molecule has 1 aromatic carbocycles. The van der Waals surface area contributed by atoms with Gasteiger partial charge in [-0.05, 0) is 12.5 Å². The highest BCUT2D eigenvalue weighted by Gasteiger charge is 2.36. The lowest BCUT2D eigenvalue weighted by atomic mass is 10.1. The molecule has 0 aromatic heterocycles. The smallest absolute Gasteiger partial charge is 0.307 e. The molecule has 0 aliphatic rings. The van der Waals surface area contributed by atoms with Crippen molar-refractivity contribution in [2.24, 2.45) is 0 Å². The maximum absolute atomic E-state index is 11.6. The Morgan fingerprint density at radius 3 is 1.83 bits per heavy atom. The molecule has 23 heavy (non-hydrogen) atoms. The van der Waals surface area contributed by atoms with Crippen LogP contribution >= 0.6 is 0 Å². The van der Waals surface area contributed by atoms with Gasteiger partial charge in [0.05, 0.1) is 0 Å². The SMILES string of the molecule is CC(=O)O/C(Cc1ccccc1)=C(/C)N([Si](C)(C)C)[Si](C)(C)C. The van der Waals surface area contributed by atoms with E-state index in [0.29, 0.717) is 6.42 Å². The first-order valence-corrected chi connectivity index (χ1v) is 15.0. The maximum atomic E-state index is 11.6. The molecule has 0 spiro atoms. The van der Waals surface area contributed by atoms with Gasteiger partial charge in [-0.1, -0.05) is 69.6 Å². The van der Waals surface area contributed by atoms with Gasteiger partial charge in [0.15, 0.2) is 0 Å². The van der Waals surface area contributed by atoms with Crippen molar-refractivity contribution in [3.63, 3.8) is 0 Å². The summed E-state index contributed by atoms with van der Waals surface area (Å²) in [5.74, 6) is 0.537. The molecule has 0 saturated heterocycles. The molecule has 1 rings (SSSR count). The Morgan fingerprint density at radius 1 is 0.957 bits per heavy atom. The summed E-state index contributed by atoms with van der Waals surface area (Å²) >= 11 is 0. The average molecular weight is 350 g/mol. The van der Waals surface area contributed by atoms with Gasteiger partial charge < -0.3 is 8.97 Å². The number of esters is 1. The number of nitrogens with zero attached hydrogens (tertiary/aromatic N) is 1. The first-order chi connectivity index (χ1) is 10.4. The largest absolute Gasteiger partial charge is 0.429 e. The van der Waals surface area contributed by atoms with E-state index in [1.165, 1.54) is 6.92 Å². The second-order valence-electron chi connectivity index (χ2n) is 7.94. The van der Waals surface area contributed by atoms with E-state index in [-0.39, 0.29) is 5.97 Å². The molecule has 0 N–H and O–H groups in total. The summed E-state index contributed by atoms with van der Waals surface area (Å²) in [5.41, 5.74) is 2.29. The minimum absolute atomic E-state index is 0.249. The third-order valence-corrected chi connectivity index (χ3v) is 10.9. The van der Waals surface area contributed by atoms with Crippen LogP contribution in [0.3, 0.4) is 0 Å². The Kier molecular flexibility index (Phi) is 6.42. The highest BCUT2D eigenvalue weighted by molar-refractivity contribution is 6.90. The highest BCUT2D eigenvalue weighted by atomic mass is 28.4. The lowest BCUT2D eigenvalue weighted by molar-refractivity contribution is -0.137. The Bertz CT molecular complexity index is 555. The van der Waals surface area contributed by atoms with E-state index >= 15 is 0 Å². The molecule has 128 valence electrons. The third-order valence-electron chi connectivity index (χ3n) is 3.56. The van der Waals surface area contributed by atoms with Crippen LogP contribution in [0.1, 0.15) is 19.4 Å². The predicted octanol–water partition coefficient (Wildman–Crippen LogP) is 5.00. The van der Waals surface area contributed by atoms with Crippen molar-refractivity contribution >= 4 is 22.4 Å². The van der Waals surface area contributed by atoms with Gasteiger partial charge in [0.25, 0.3) is 0 Å². The van der Waals surface area contributed by atoms with Crippen molar-refractivity contribution in [1.29, 1.82) is 0 Å². The first kappa shape index (κ1) is 19.7. The van der Waals surface area contributed by atoms with E-state index in [2.05, 4.69) is 62.6 Å². The Balaban J connectivity index is 3.34. The van der Waals surface area contributed by atoms with Crippen LogP contribution in [0.25, 0.3) is 0 Å². The van der Waals surface area contributed by atoms with Gasteiger partial charge in [-0.3, -0.25) is 4.79 Å². The molecule has 5 heteroatoms. The fourth-order valence-electron chi connectivity index (χ4n) is 3.33. The van der Waals surface area contributed by atoms with Crippen LogP contribution in [0.2, 0.25) is 39.3 Å². The van der Waals surface area contributed by atoms with Gasteiger partial charge >= 0.3 is 5.97 Å². The number of hydrogen-bond acceptors (Lipinski definition) is 3. The average Bonchev–Trinajstić information content (AvgIpc) is 2.35. The Hall–Kier alpha value is -1.34. The Morgan fingerprint density at radius 2 is 1.43 bits per heavy atom. The summed E-state index contributed by atoms with van der Waals surface area (Å²) in [4.78, 5) is 11.6. The van der Waals surface area contributed by atoms with Crippen LogP contribution in [-0.2, 0) is 16.0 Å². The molecule has 1 aromatic rings. The molecule has 0 aliphatic heterocycles. The highest BCUT2D eigenvalue weighted by Crippen LogP contribution is 2.28. The number of benzene rings is 1. The van der Waals surface area contributed by atoms with Crippen LogP contribution in [-0.4, -0.2) is 26.7 Å². The van der Waals surface area contributed by atoms with E-state index in [1.54, 1.807) is 0 Å². The molecule has 0 unspecified atom stereocenters. The first-order valence-electron chi connectivity index (χ1n) is 8.15. The van der Waals surface area contributed by atoms with Crippen LogP contribution in [0.5, 0.6) is 0 Å². The van der Waals surface area contributed by atoms with E-state index in [9.17, 15) is 4.79 Å². The summed E-state index contributed by atoms with van der Waals surface area (Å²) in [6.07, 6.45) is 0.651. The van der Waals surface area contributed by atoms with E-state index in [0.717, 1.165) is 17.0 Å². The normalized spacial score (nSPS) is 13.4. The summed E-state index contributed by atoms with van der Waals surface area (Å²) in [5, 5.41) is 0. The van der Waals surface area contributed by atoms with Crippen molar-refractivity contribution in [3.05, 3.63) is 47.4 Å². The van der Waals surface area contributed by atoms with Crippen LogP contribution < -0.4 is 0 Å². The van der Waals surface area contributed by atoms with Crippen LogP contribution in [0.15, 0.2) is 41.8 Å². The van der Waals surface area contributed by atoms with Crippen molar-refractivity contribution in [3.8, 4) is 0 Å². The zero-order valence-electron chi connectivity index (χ0n) is 15.9. The second kappa shape index (κ2) is 7.49. The molecule has 0 fully saturated rings. The number of carbonyl (C=O) groups excluding carboxylic acids is 1. The number of rotatable bonds is 6. The molecular weight excluding hydrogens is 318 g/mol. The second-order valence-corrected chi connectivity index (χ2v) is 18.0. The predicted molar refractivity (Wildman–Crippen MR) is 103 cm³/mol. The van der Waals surface area contributed by atoms with Gasteiger partial charge in [0, 0.05) is 19.0 Å². The van der Waals surface area contributed by atoms with Gasteiger partial charge in [0.2, 0.25) is 0 Å². The number of hydrogen-bond donors (Lipinski definition) is 0. The summed E-state index contributed by atoms with van der Waals surface area (Å²) in [7, 11) is -3.14. The fraction of sp³-hybridized carbons (Fsp3) is 0.500. The molecule has 3 nitrogen and oxygen atoms in total. The van der Waals surface area contributed by atoms with Gasteiger partial charge in [-0.2, -0.15) is 0 Å². The van der Waals surface area contributed by atoms with Gasteiger partial charge in [-0.25, -0.2) is 0 Å². The summed E-state index contributed by atoms with van der Waals surface area (Å²) in [6.45, 7) is 17.7. The molecule has 0 heterocycles. The van der Waals surface area contributed by atoms with E-state index in [1.807, 2.05) is 18.2 Å². The minimum atomic E-state index is -1.57. The number of carbonyl (C=O) groups is 1. The molecule has 0 bridgehead atoms. The zero-order chi connectivity index (χ0) is 17.8. The standard InChI is InChI=1S/C18H31NO2Si2/c1-15(19(22(3,4)5)23(6,7)8)18(21-16(2)20)14-17-12-10-9-11-13-17/h9-13H,14H2,1-8H3/b18-15-. The lowest BCUT2D eigenvalue weighted by Crippen LogP contribution is -2.58. The quantitative estimate of drug-likeness (QED) is 0.411. The zero-order valence-corrected chi connectivity index (χ0v) is 17.9. The summed E-state index contributed by atoms with van der Waals surface area (Å²) < 4.78 is 8.23. The Labute approximate surface area is 143 Å². The molecular formula is C18H31NO2Si2. The van der Waals surface area contributed by atoms with Crippen LogP contribution in [0, 0.1) is 0 Å². The van der Waals surface area contributed by atoms with Gasteiger partial charge in [-0.15, -0.1) is 0 Å². The fourth-order valence-corrected chi connectivity index (χ4v) is 13.6. The van der Waals surface area contributed by atoms with Gasteiger partial charge in [0.1, 0.15) is 22.2 Å². The minimum Gasteiger partial charge on any atom is -0.429 e. The number of allylic oxidation sites excluding steroid dienone is 2. The van der Waals surface area contributed by atoms with E-state index in [4.69, 9.17) is 4.74 Å². The number of ether oxygens (including phenoxy) is 1. The van der Waals surface area contributed by atoms with Crippen molar-refractivity contribution in [1.82, 2.24) is 4.23 Å². The maximum Gasteiger partial charge on any atom is 0.307 e. The molecule has 0 radical (unpaired) electrons. The lowest BCUT2D eigenvalue weighted by Gasteiger charge is -2.47. The molecule has 0 saturated carbocycles.